The summed E-state index contributed by atoms with van der Waals surface area (Å²) < 4.78 is 0. The summed E-state index contributed by atoms with van der Waals surface area (Å²) in [5.74, 6) is 0.0651. The van der Waals surface area contributed by atoms with Crippen molar-refractivity contribution in [2.24, 2.45) is 4.99 Å². The zero-order valence-electron chi connectivity index (χ0n) is 8.26. The van der Waals surface area contributed by atoms with Crippen LogP contribution in [0.4, 0.5) is 0 Å². The van der Waals surface area contributed by atoms with Crippen molar-refractivity contribution in [3.63, 3.8) is 0 Å². The van der Waals surface area contributed by atoms with Gasteiger partial charge in [0, 0.05) is 30.9 Å². The predicted octanol–water partition coefficient (Wildman–Crippen LogP) is 1.05. The van der Waals surface area contributed by atoms with Crippen LogP contribution in [0.5, 0.6) is 0 Å². The van der Waals surface area contributed by atoms with Crippen molar-refractivity contribution in [2.75, 3.05) is 6.54 Å². The first-order valence-corrected chi connectivity index (χ1v) is 4.65. The molecule has 1 aromatic heterocycles. The molecule has 0 saturated heterocycles. The van der Waals surface area contributed by atoms with Crippen LogP contribution in [0, 0.1) is 0 Å². The number of pyridine rings is 1. The molecule has 0 saturated carbocycles. The second kappa shape index (κ2) is 6.67. The normalized spacial score (nSPS) is 10.5. The largest absolute Gasteiger partial charge is 0.294 e. The van der Waals surface area contributed by atoms with Crippen molar-refractivity contribution in [3.8, 4) is 0 Å². The Balaban J connectivity index is 2.28. The SMILES string of the molecule is O=C(CCCN=CNO)c1cccnc1. The van der Waals surface area contributed by atoms with E-state index in [1.54, 1.807) is 30.0 Å². The lowest BCUT2D eigenvalue weighted by Crippen LogP contribution is -2.04. The van der Waals surface area contributed by atoms with Crippen molar-refractivity contribution in [1.29, 1.82) is 0 Å². The van der Waals surface area contributed by atoms with Gasteiger partial charge in [-0.2, -0.15) is 0 Å². The second-order valence-electron chi connectivity index (χ2n) is 2.93. The van der Waals surface area contributed by atoms with E-state index in [0.717, 1.165) is 0 Å². The van der Waals surface area contributed by atoms with Crippen LogP contribution in [0.15, 0.2) is 29.5 Å². The number of carbonyl (C=O) groups excluding carboxylic acids is 1. The zero-order valence-corrected chi connectivity index (χ0v) is 8.26. The van der Waals surface area contributed by atoms with E-state index in [9.17, 15) is 4.79 Å². The molecule has 5 heteroatoms. The molecule has 0 aromatic carbocycles. The average Bonchev–Trinajstić information content (AvgIpc) is 2.30. The molecule has 1 heterocycles. The molecule has 0 amide bonds. The molecule has 1 rings (SSSR count). The fourth-order valence-corrected chi connectivity index (χ4v) is 1.11. The molecule has 0 atom stereocenters. The van der Waals surface area contributed by atoms with Crippen LogP contribution in [-0.2, 0) is 0 Å². The third kappa shape index (κ3) is 4.33. The highest BCUT2D eigenvalue weighted by atomic mass is 16.5. The van der Waals surface area contributed by atoms with Gasteiger partial charge in [0.2, 0.25) is 0 Å². The van der Waals surface area contributed by atoms with Gasteiger partial charge in [0.05, 0.1) is 0 Å². The van der Waals surface area contributed by atoms with Gasteiger partial charge in [0.1, 0.15) is 6.34 Å². The number of rotatable bonds is 6. The minimum Gasteiger partial charge on any atom is -0.294 e. The Morgan fingerprint density at radius 1 is 1.67 bits per heavy atom. The standard InChI is InChI=1S/C10H13N3O2/c14-10(4-2-6-12-8-13-15)9-3-1-5-11-7-9/h1,3,5,7-8,15H,2,4,6H2,(H,12,13). The fraction of sp³-hybridized carbons (Fsp3) is 0.300. The van der Waals surface area contributed by atoms with Crippen LogP contribution in [0.2, 0.25) is 0 Å². The van der Waals surface area contributed by atoms with Crippen LogP contribution in [0.25, 0.3) is 0 Å². The minimum atomic E-state index is 0.0651. The molecule has 0 fully saturated rings. The second-order valence-corrected chi connectivity index (χ2v) is 2.93. The highest BCUT2D eigenvalue weighted by Gasteiger charge is 2.03. The van der Waals surface area contributed by atoms with E-state index < -0.39 is 0 Å². The van der Waals surface area contributed by atoms with E-state index in [1.807, 2.05) is 0 Å². The monoisotopic (exact) mass is 207 g/mol. The quantitative estimate of drug-likeness (QED) is 0.240. The van der Waals surface area contributed by atoms with Gasteiger partial charge < -0.3 is 0 Å². The molecule has 80 valence electrons. The molecule has 5 nitrogen and oxygen atoms in total. The van der Waals surface area contributed by atoms with Gasteiger partial charge in [0.25, 0.3) is 0 Å². The lowest BCUT2D eigenvalue weighted by molar-refractivity contribution is 0.0980. The number of nitrogens with one attached hydrogen (secondary N) is 1. The lowest BCUT2D eigenvalue weighted by atomic mass is 10.1. The Morgan fingerprint density at radius 2 is 2.53 bits per heavy atom. The molecule has 1 aromatic rings. The number of aliphatic imine (C=N–C) groups is 1. The Labute approximate surface area is 87.8 Å². The highest BCUT2D eigenvalue weighted by Crippen LogP contribution is 2.03. The summed E-state index contributed by atoms with van der Waals surface area (Å²) in [6.07, 6.45) is 5.48. The summed E-state index contributed by atoms with van der Waals surface area (Å²) in [6, 6.07) is 3.48. The molecular weight excluding hydrogens is 194 g/mol. The summed E-state index contributed by atoms with van der Waals surface area (Å²) >= 11 is 0. The van der Waals surface area contributed by atoms with Crippen molar-refractivity contribution in [2.45, 2.75) is 12.8 Å². The Morgan fingerprint density at radius 3 is 3.20 bits per heavy atom. The van der Waals surface area contributed by atoms with Gasteiger partial charge in [-0.15, -0.1) is 0 Å². The summed E-state index contributed by atoms with van der Waals surface area (Å²) in [4.78, 5) is 19.2. The average molecular weight is 207 g/mol. The maximum atomic E-state index is 11.5. The van der Waals surface area contributed by atoms with Gasteiger partial charge in [0.15, 0.2) is 5.78 Å². The van der Waals surface area contributed by atoms with Crippen LogP contribution in [-0.4, -0.2) is 28.9 Å². The highest BCUT2D eigenvalue weighted by molar-refractivity contribution is 5.95. The van der Waals surface area contributed by atoms with E-state index in [1.165, 1.54) is 6.34 Å². The maximum Gasteiger partial charge on any atom is 0.164 e. The van der Waals surface area contributed by atoms with Gasteiger partial charge >= 0.3 is 0 Å². The van der Waals surface area contributed by atoms with Crippen molar-refractivity contribution in [3.05, 3.63) is 30.1 Å². The zero-order chi connectivity index (χ0) is 10.9. The smallest absolute Gasteiger partial charge is 0.164 e. The van der Waals surface area contributed by atoms with Crippen molar-refractivity contribution in [1.82, 2.24) is 10.5 Å². The van der Waals surface area contributed by atoms with Crippen molar-refractivity contribution < 1.29 is 10.0 Å². The van der Waals surface area contributed by atoms with Gasteiger partial charge in [-0.3, -0.25) is 25.5 Å². The molecule has 0 aliphatic carbocycles. The lowest BCUT2D eigenvalue weighted by Gasteiger charge is -1.98. The number of aromatic nitrogens is 1. The topological polar surface area (TPSA) is 74.6 Å². The van der Waals surface area contributed by atoms with Crippen LogP contribution >= 0.6 is 0 Å². The van der Waals surface area contributed by atoms with Crippen LogP contribution in [0.1, 0.15) is 23.2 Å². The van der Waals surface area contributed by atoms with E-state index >= 15 is 0 Å². The summed E-state index contributed by atoms with van der Waals surface area (Å²) in [6.45, 7) is 0.513. The summed E-state index contributed by atoms with van der Waals surface area (Å²) in [5.41, 5.74) is 2.43. The molecule has 0 radical (unpaired) electrons. The third-order valence-electron chi connectivity index (χ3n) is 1.82. The molecule has 2 N–H and O–H groups in total. The van der Waals surface area contributed by atoms with Crippen molar-refractivity contribution >= 4 is 12.1 Å². The first-order chi connectivity index (χ1) is 7.34. The van der Waals surface area contributed by atoms with Gasteiger partial charge in [-0.1, -0.05) is 0 Å². The number of Topliss-reactive ketones (excluding diaryl/α,β-unsaturated/α-hetero) is 1. The number of hydroxylamine groups is 1. The minimum absolute atomic E-state index is 0.0651. The van der Waals surface area contributed by atoms with Gasteiger partial charge in [-0.05, 0) is 18.6 Å². The number of nitrogens with zero attached hydrogens (tertiary/aromatic N) is 2. The Hall–Kier alpha value is -1.75. The predicted molar refractivity (Wildman–Crippen MR) is 56.1 cm³/mol. The number of ketones is 1. The fourth-order valence-electron chi connectivity index (χ4n) is 1.11. The molecule has 0 aliphatic rings. The molecule has 0 spiro atoms. The van der Waals surface area contributed by atoms with Crippen LogP contribution in [0.3, 0.4) is 0 Å². The number of hydrogen-bond donors (Lipinski definition) is 2. The third-order valence-corrected chi connectivity index (χ3v) is 1.82. The number of hydrogen-bond acceptors (Lipinski definition) is 4. The first-order valence-electron chi connectivity index (χ1n) is 4.65. The van der Waals surface area contributed by atoms with E-state index in [4.69, 9.17) is 5.21 Å². The van der Waals surface area contributed by atoms with E-state index in [2.05, 4.69) is 9.98 Å². The first kappa shape index (κ1) is 11.3. The van der Waals surface area contributed by atoms with E-state index in [-0.39, 0.29) is 5.78 Å². The molecule has 0 unspecified atom stereocenters. The Kier molecular flexibility index (Phi) is 5.03. The molecule has 15 heavy (non-hydrogen) atoms. The number of carbonyl (C=O) groups is 1. The van der Waals surface area contributed by atoms with Gasteiger partial charge in [-0.25, -0.2) is 0 Å². The molecule has 0 bridgehead atoms. The summed E-state index contributed by atoms with van der Waals surface area (Å²) in [7, 11) is 0. The molecule has 0 aliphatic heterocycles. The van der Waals surface area contributed by atoms with E-state index in [0.29, 0.717) is 24.9 Å². The molecular formula is C10H13N3O2. The maximum absolute atomic E-state index is 11.5. The van der Waals surface area contributed by atoms with Crippen LogP contribution < -0.4 is 5.48 Å². The Bertz CT molecular complexity index is 325. The summed E-state index contributed by atoms with van der Waals surface area (Å²) in [5, 5.41) is 8.18.